The Morgan fingerprint density at radius 2 is 1.83 bits per heavy atom. The zero-order valence-corrected chi connectivity index (χ0v) is 10.4. The molecule has 18 heavy (non-hydrogen) atoms. The van der Waals surface area contributed by atoms with Crippen LogP contribution in [0.4, 0.5) is 0 Å². The van der Waals surface area contributed by atoms with E-state index in [1.54, 1.807) is 0 Å². The number of pyridine rings is 1. The van der Waals surface area contributed by atoms with Crippen LogP contribution in [0.5, 0.6) is 0 Å². The summed E-state index contributed by atoms with van der Waals surface area (Å²) in [6.45, 7) is 4.16. The van der Waals surface area contributed by atoms with Crippen LogP contribution in [0.1, 0.15) is 25.6 Å². The first-order valence-electron chi connectivity index (χ1n) is 6.02. The maximum Gasteiger partial charge on any atom is 0.199 e. The Hall–Kier alpha value is -2.23. The van der Waals surface area contributed by atoms with Crippen molar-refractivity contribution < 1.29 is 0 Å². The summed E-state index contributed by atoms with van der Waals surface area (Å²) in [4.78, 5) is 9.03. The SMILES string of the molecule is CC(C)c1nc(-c2ccc3ccccc3n2)n[nH]1. The van der Waals surface area contributed by atoms with E-state index in [9.17, 15) is 0 Å². The Morgan fingerprint density at radius 3 is 2.61 bits per heavy atom. The van der Waals surface area contributed by atoms with Gasteiger partial charge in [-0.1, -0.05) is 38.1 Å². The number of aromatic amines is 1. The van der Waals surface area contributed by atoms with Crippen molar-refractivity contribution in [1.82, 2.24) is 20.2 Å². The van der Waals surface area contributed by atoms with Crippen LogP contribution in [0.3, 0.4) is 0 Å². The molecule has 90 valence electrons. The fourth-order valence-corrected chi connectivity index (χ4v) is 1.84. The van der Waals surface area contributed by atoms with Gasteiger partial charge in [-0.05, 0) is 12.1 Å². The number of nitrogens with one attached hydrogen (secondary N) is 1. The summed E-state index contributed by atoms with van der Waals surface area (Å²) >= 11 is 0. The highest BCUT2D eigenvalue weighted by Crippen LogP contribution is 2.19. The number of aromatic nitrogens is 4. The van der Waals surface area contributed by atoms with Crippen molar-refractivity contribution in [1.29, 1.82) is 0 Å². The number of nitrogens with zero attached hydrogens (tertiary/aromatic N) is 3. The van der Waals surface area contributed by atoms with Crippen molar-refractivity contribution in [3.05, 3.63) is 42.2 Å². The Morgan fingerprint density at radius 1 is 1.00 bits per heavy atom. The van der Waals surface area contributed by atoms with E-state index in [2.05, 4.69) is 34.0 Å². The molecule has 0 amide bonds. The lowest BCUT2D eigenvalue weighted by Crippen LogP contribution is -1.90. The molecule has 1 N–H and O–H groups in total. The molecule has 0 bridgehead atoms. The van der Waals surface area contributed by atoms with Crippen molar-refractivity contribution in [2.45, 2.75) is 19.8 Å². The molecule has 4 heteroatoms. The highest BCUT2D eigenvalue weighted by molar-refractivity contribution is 5.80. The fraction of sp³-hybridized carbons (Fsp3) is 0.214. The van der Waals surface area contributed by atoms with Gasteiger partial charge in [0.15, 0.2) is 5.82 Å². The predicted octanol–water partition coefficient (Wildman–Crippen LogP) is 3.14. The topological polar surface area (TPSA) is 54.5 Å². The molecule has 1 aromatic carbocycles. The lowest BCUT2D eigenvalue weighted by atomic mass is 10.2. The van der Waals surface area contributed by atoms with Crippen LogP contribution in [-0.2, 0) is 0 Å². The number of fused-ring (bicyclic) bond motifs is 1. The number of para-hydroxylation sites is 1. The number of hydrogen-bond acceptors (Lipinski definition) is 3. The van der Waals surface area contributed by atoms with Crippen LogP contribution < -0.4 is 0 Å². The summed E-state index contributed by atoms with van der Waals surface area (Å²) in [5.74, 6) is 1.89. The molecule has 0 saturated carbocycles. The molecule has 0 spiro atoms. The Labute approximate surface area is 105 Å². The molecule has 0 fully saturated rings. The lowest BCUT2D eigenvalue weighted by Gasteiger charge is -1.99. The molecule has 3 rings (SSSR count). The second-order valence-electron chi connectivity index (χ2n) is 4.59. The first-order chi connectivity index (χ1) is 8.74. The van der Waals surface area contributed by atoms with Crippen molar-refractivity contribution in [3.63, 3.8) is 0 Å². The predicted molar refractivity (Wildman–Crippen MR) is 71.2 cm³/mol. The highest BCUT2D eigenvalue weighted by Gasteiger charge is 2.09. The molecule has 0 aliphatic heterocycles. The van der Waals surface area contributed by atoms with Gasteiger partial charge in [0.1, 0.15) is 11.5 Å². The van der Waals surface area contributed by atoms with Crippen molar-refractivity contribution in [2.24, 2.45) is 0 Å². The monoisotopic (exact) mass is 238 g/mol. The third-order valence-electron chi connectivity index (χ3n) is 2.88. The molecule has 0 radical (unpaired) electrons. The molecular weight excluding hydrogens is 224 g/mol. The van der Waals surface area contributed by atoms with E-state index in [4.69, 9.17) is 0 Å². The summed E-state index contributed by atoms with van der Waals surface area (Å²) in [5, 5.41) is 8.29. The minimum atomic E-state index is 0.340. The van der Waals surface area contributed by atoms with E-state index >= 15 is 0 Å². The second kappa shape index (κ2) is 4.22. The largest absolute Gasteiger partial charge is 0.262 e. The van der Waals surface area contributed by atoms with Crippen molar-refractivity contribution >= 4 is 10.9 Å². The molecule has 0 aliphatic carbocycles. The summed E-state index contributed by atoms with van der Waals surface area (Å²) in [7, 11) is 0. The standard InChI is InChI=1S/C14H14N4/c1-9(2)13-16-14(18-17-13)12-8-7-10-5-3-4-6-11(10)15-12/h3-9H,1-2H3,(H,16,17,18). The van der Waals surface area contributed by atoms with E-state index in [-0.39, 0.29) is 0 Å². The van der Waals surface area contributed by atoms with E-state index in [0.29, 0.717) is 11.7 Å². The summed E-state index contributed by atoms with van der Waals surface area (Å²) in [6, 6.07) is 12.0. The Balaban J connectivity index is 2.07. The number of hydrogen-bond donors (Lipinski definition) is 1. The van der Waals surface area contributed by atoms with Gasteiger partial charge in [-0.2, -0.15) is 5.10 Å². The Bertz CT molecular complexity index is 685. The first kappa shape index (κ1) is 10.9. The average Bonchev–Trinajstić information content (AvgIpc) is 2.88. The van der Waals surface area contributed by atoms with Gasteiger partial charge >= 0.3 is 0 Å². The zero-order valence-electron chi connectivity index (χ0n) is 10.4. The van der Waals surface area contributed by atoms with Crippen molar-refractivity contribution in [3.8, 4) is 11.5 Å². The molecule has 4 nitrogen and oxygen atoms in total. The van der Waals surface area contributed by atoms with Crippen molar-refractivity contribution in [2.75, 3.05) is 0 Å². The molecule has 2 heterocycles. The molecule has 0 aliphatic rings. The van der Waals surface area contributed by atoms with Crippen LogP contribution in [0, 0.1) is 0 Å². The molecule has 0 atom stereocenters. The number of rotatable bonds is 2. The minimum absolute atomic E-state index is 0.340. The molecular formula is C14H14N4. The number of benzene rings is 1. The van der Waals surface area contributed by atoms with Crippen LogP contribution in [0.15, 0.2) is 36.4 Å². The van der Waals surface area contributed by atoms with Crippen LogP contribution in [0.25, 0.3) is 22.4 Å². The quantitative estimate of drug-likeness (QED) is 0.746. The van der Waals surface area contributed by atoms with Gasteiger partial charge in [-0.3, -0.25) is 5.10 Å². The number of H-pyrrole nitrogens is 1. The third-order valence-corrected chi connectivity index (χ3v) is 2.88. The van der Waals surface area contributed by atoms with Gasteiger partial charge < -0.3 is 0 Å². The van der Waals surface area contributed by atoms with E-state index in [1.165, 1.54) is 0 Å². The summed E-state index contributed by atoms with van der Waals surface area (Å²) in [5.41, 5.74) is 1.77. The molecule has 0 unspecified atom stereocenters. The second-order valence-corrected chi connectivity index (χ2v) is 4.59. The Kier molecular flexibility index (Phi) is 2.55. The van der Waals surface area contributed by atoms with E-state index in [0.717, 1.165) is 22.4 Å². The van der Waals surface area contributed by atoms with Gasteiger partial charge in [0.2, 0.25) is 0 Å². The van der Waals surface area contributed by atoms with Crippen LogP contribution >= 0.6 is 0 Å². The third kappa shape index (κ3) is 1.86. The van der Waals surface area contributed by atoms with Crippen LogP contribution in [0.2, 0.25) is 0 Å². The van der Waals surface area contributed by atoms with Gasteiger partial charge in [-0.15, -0.1) is 0 Å². The van der Waals surface area contributed by atoms with Gasteiger partial charge in [0, 0.05) is 11.3 Å². The van der Waals surface area contributed by atoms with Gasteiger partial charge in [0.25, 0.3) is 0 Å². The zero-order chi connectivity index (χ0) is 12.5. The van der Waals surface area contributed by atoms with Gasteiger partial charge in [0.05, 0.1) is 5.52 Å². The summed E-state index contributed by atoms with van der Waals surface area (Å²) in [6.07, 6.45) is 0. The maximum absolute atomic E-state index is 4.57. The molecule has 0 saturated heterocycles. The smallest absolute Gasteiger partial charge is 0.199 e. The highest BCUT2D eigenvalue weighted by atomic mass is 15.2. The van der Waals surface area contributed by atoms with E-state index < -0.39 is 0 Å². The van der Waals surface area contributed by atoms with Crippen LogP contribution in [-0.4, -0.2) is 20.2 Å². The van der Waals surface area contributed by atoms with E-state index in [1.807, 2.05) is 36.4 Å². The fourth-order valence-electron chi connectivity index (χ4n) is 1.84. The first-order valence-corrected chi connectivity index (χ1v) is 6.02. The molecule has 3 aromatic rings. The normalized spacial score (nSPS) is 11.3. The molecule has 2 aromatic heterocycles. The average molecular weight is 238 g/mol. The summed E-state index contributed by atoms with van der Waals surface area (Å²) < 4.78 is 0. The lowest BCUT2D eigenvalue weighted by molar-refractivity contribution is 0.781. The minimum Gasteiger partial charge on any atom is -0.262 e. The maximum atomic E-state index is 4.57. The van der Waals surface area contributed by atoms with Gasteiger partial charge in [-0.25, -0.2) is 9.97 Å².